The van der Waals surface area contributed by atoms with Crippen LogP contribution in [0.3, 0.4) is 0 Å². The van der Waals surface area contributed by atoms with Crippen molar-refractivity contribution in [3.8, 4) is 11.3 Å². The van der Waals surface area contributed by atoms with Crippen molar-refractivity contribution in [3.05, 3.63) is 47.4 Å². The van der Waals surface area contributed by atoms with Crippen molar-refractivity contribution in [2.24, 2.45) is 0 Å². The van der Waals surface area contributed by atoms with E-state index in [1.54, 1.807) is 0 Å². The second kappa shape index (κ2) is 3.71. The number of hydrogen-bond donors (Lipinski definition) is 0. The van der Waals surface area contributed by atoms with E-state index >= 15 is 0 Å². The molecular formula is C14H14N2. The number of fused-ring (bicyclic) bond motifs is 3. The molecule has 2 aromatic rings. The largest absolute Gasteiger partial charge is 0.241 e. The summed E-state index contributed by atoms with van der Waals surface area (Å²) in [6.07, 6.45) is 5.41. The highest BCUT2D eigenvalue weighted by Crippen LogP contribution is 2.30. The van der Waals surface area contributed by atoms with Crippen LogP contribution in [-0.2, 0) is 12.8 Å². The van der Waals surface area contributed by atoms with Crippen molar-refractivity contribution in [3.63, 3.8) is 0 Å². The minimum atomic E-state index is 0.857. The van der Waals surface area contributed by atoms with Gasteiger partial charge in [0.1, 0.15) is 5.82 Å². The Morgan fingerprint density at radius 3 is 2.81 bits per heavy atom. The van der Waals surface area contributed by atoms with Crippen LogP contribution in [0.5, 0.6) is 0 Å². The van der Waals surface area contributed by atoms with Crippen LogP contribution in [0.1, 0.15) is 23.4 Å². The van der Waals surface area contributed by atoms with Crippen LogP contribution in [0.25, 0.3) is 11.3 Å². The fourth-order valence-electron chi connectivity index (χ4n) is 2.35. The van der Waals surface area contributed by atoms with Crippen LogP contribution in [0.15, 0.2) is 30.5 Å². The number of aryl methyl sites for hydroxylation is 3. The number of nitrogens with zero attached hydrogens (tertiary/aromatic N) is 2. The number of rotatable bonds is 0. The van der Waals surface area contributed by atoms with Crippen LogP contribution in [0.2, 0.25) is 0 Å². The molecule has 3 rings (SSSR count). The Kier molecular flexibility index (Phi) is 2.21. The van der Waals surface area contributed by atoms with Crippen molar-refractivity contribution in [2.75, 3.05) is 0 Å². The van der Waals surface area contributed by atoms with E-state index in [4.69, 9.17) is 0 Å². The van der Waals surface area contributed by atoms with Gasteiger partial charge in [-0.15, -0.1) is 0 Å². The highest BCUT2D eigenvalue weighted by Gasteiger charge is 2.15. The zero-order valence-corrected chi connectivity index (χ0v) is 9.40. The molecule has 2 heteroatoms. The molecule has 2 nitrogen and oxygen atoms in total. The third-order valence-electron chi connectivity index (χ3n) is 3.15. The lowest BCUT2D eigenvalue weighted by atomic mass is 10.0. The lowest BCUT2D eigenvalue weighted by Gasteiger charge is -2.07. The molecule has 1 aromatic carbocycles. The summed E-state index contributed by atoms with van der Waals surface area (Å²) < 4.78 is 0. The van der Waals surface area contributed by atoms with Crippen LogP contribution in [0.4, 0.5) is 0 Å². The Morgan fingerprint density at radius 2 is 1.88 bits per heavy atom. The van der Waals surface area contributed by atoms with E-state index in [9.17, 15) is 0 Å². The van der Waals surface area contributed by atoms with Crippen LogP contribution >= 0.6 is 0 Å². The number of hydrogen-bond acceptors (Lipinski definition) is 2. The summed E-state index contributed by atoms with van der Waals surface area (Å²) in [6.45, 7) is 1.95. The molecule has 80 valence electrons. The Balaban J connectivity index is 2.28. The molecule has 1 aliphatic carbocycles. The Bertz CT molecular complexity index is 532. The molecule has 0 atom stereocenters. The van der Waals surface area contributed by atoms with Gasteiger partial charge in [-0.3, -0.25) is 0 Å². The van der Waals surface area contributed by atoms with Gasteiger partial charge in [-0.05, 0) is 37.3 Å². The van der Waals surface area contributed by atoms with Crippen molar-refractivity contribution in [1.29, 1.82) is 0 Å². The normalized spacial score (nSPS) is 13.8. The topological polar surface area (TPSA) is 25.8 Å². The molecule has 0 spiro atoms. The monoisotopic (exact) mass is 210 g/mol. The zero-order valence-electron chi connectivity index (χ0n) is 9.40. The standard InChI is InChI=1S/C14H14N2/c1-10-15-9-12-7-4-6-11-5-2-3-8-13(11)14(12)16-10/h2-3,5,8-9H,4,6-7H2,1H3. The summed E-state index contributed by atoms with van der Waals surface area (Å²) in [5, 5.41) is 0. The number of benzene rings is 1. The van der Waals surface area contributed by atoms with E-state index < -0.39 is 0 Å². The average Bonchev–Trinajstić information content (AvgIpc) is 2.48. The first kappa shape index (κ1) is 9.52. The SMILES string of the molecule is Cc1ncc2c(n1)-c1ccccc1CCC2. The molecule has 1 aliphatic rings. The summed E-state index contributed by atoms with van der Waals surface area (Å²) in [6, 6.07) is 8.58. The molecule has 0 saturated carbocycles. The Morgan fingerprint density at radius 1 is 1.06 bits per heavy atom. The fraction of sp³-hybridized carbons (Fsp3) is 0.286. The third kappa shape index (κ3) is 1.51. The molecular weight excluding hydrogens is 196 g/mol. The predicted octanol–water partition coefficient (Wildman–Crippen LogP) is 2.94. The van der Waals surface area contributed by atoms with Gasteiger partial charge in [0.2, 0.25) is 0 Å². The average molecular weight is 210 g/mol. The van der Waals surface area contributed by atoms with Crippen LogP contribution in [0, 0.1) is 6.92 Å². The molecule has 1 aromatic heterocycles. The second-order valence-electron chi connectivity index (χ2n) is 4.30. The fourth-order valence-corrected chi connectivity index (χ4v) is 2.35. The van der Waals surface area contributed by atoms with Crippen LogP contribution < -0.4 is 0 Å². The molecule has 0 amide bonds. The van der Waals surface area contributed by atoms with E-state index in [1.165, 1.54) is 23.1 Å². The maximum atomic E-state index is 4.60. The number of aromatic nitrogens is 2. The molecule has 16 heavy (non-hydrogen) atoms. The quantitative estimate of drug-likeness (QED) is 0.668. The highest BCUT2D eigenvalue weighted by atomic mass is 14.9. The molecule has 0 saturated heterocycles. The first-order valence-corrected chi connectivity index (χ1v) is 5.75. The Hall–Kier alpha value is -1.70. The van der Waals surface area contributed by atoms with Crippen LogP contribution in [-0.4, -0.2) is 9.97 Å². The summed E-state index contributed by atoms with van der Waals surface area (Å²) >= 11 is 0. The molecule has 0 unspecified atom stereocenters. The predicted molar refractivity (Wildman–Crippen MR) is 64.2 cm³/mol. The van der Waals surface area contributed by atoms with Gasteiger partial charge in [0.15, 0.2) is 0 Å². The van der Waals surface area contributed by atoms with E-state index in [2.05, 4.69) is 34.2 Å². The Labute approximate surface area is 95.4 Å². The minimum Gasteiger partial charge on any atom is -0.241 e. The molecule has 0 N–H and O–H groups in total. The summed E-state index contributed by atoms with van der Waals surface area (Å²) in [5.74, 6) is 0.857. The zero-order chi connectivity index (χ0) is 11.0. The molecule has 0 aliphatic heterocycles. The van der Waals surface area contributed by atoms with Gasteiger partial charge >= 0.3 is 0 Å². The van der Waals surface area contributed by atoms with Gasteiger partial charge in [-0.1, -0.05) is 24.3 Å². The lowest BCUT2D eigenvalue weighted by Crippen LogP contribution is -1.96. The van der Waals surface area contributed by atoms with Crippen molar-refractivity contribution in [1.82, 2.24) is 9.97 Å². The highest BCUT2D eigenvalue weighted by molar-refractivity contribution is 5.67. The van der Waals surface area contributed by atoms with Gasteiger partial charge in [-0.25, -0.2) is 9.97 Å². The van der Waals surface area contributed by atoms with E-state index in [0.717, 1.165) is 24.4 Å². The van der Waals surface area contributed by atoms with Gasteiger partial charge < -0.3 is 0 Å². The lowest BCUT2D eigenvalue weighted by molar-refractivity contribution is 0.826. The maximum Gasteiger partial charge on any atom is 0.125 e. The first-order valence-electron chi connectivity index (χ1n) is 5.75. The smallest absolute Gasteiger partial charge is 0.125 e. The summed E-state index contributed by atoms with van der Waals surface area (Å²) in [7, 11) is 0. The molecule has 0 fully saturated rings. The molecule has 0 bridgehead atoms. The van der Waals surface area contributed by atoms with E-state index in [0.29, 0.717) is 0 Å². The van der Waals surface area contributed by atoms with E-state index in [-0.39, 0.29) is 0 Å². The summed E-state index contributed by atoms with van der Waals surface area (Å²) in [4.78, 5) is 8.90. The third-order valence-corrected chi connectivity index (χ3v) is 3.15. The molecule has 1 heterocycles. The van der Waals surface area contributed by atoms with Gasteiger partial charge in [0.25, 0.3) is 0 Å². The summed E-state index contributed by atoms with van der Waals surface area (Å²) in [5.41, 5.74) is 5.14. The van der Waals surface area contributed by atoms with E-state index in [1.807, 2.05) is 13.1 Å². The van der Waals surface area contributed by atoms with Crippen molar-refractivity contribution >= 4 is 0 Å². The second-order valence-corrected chi connectivity index (χ2v) is 4.30. The van der Waals surface area contributed by atoms with Crippen molar-refractivity contribution in [2.45, 2.75) is 26.2 Å². The molecule has 0 radical (unpaired) electrons. The maximum absolute atomic E-state index is 4.60. The van der Waals surface area contributed by atoms with Gasteiger partial charge in [0.05, 0.1) is 5.69 Å². The minimum absolute atomic E-state index is 0.857. The van der Waals surface area contributed by atoms with Gasteiger partial charge in [-0.2, -0.15) is 0 Å². The van der Waals surface area contributed by atoms with Gasteiger partial charge in [0, 0.05) is 11.8 Å². The van der Waals surface area contributed by atoms with Crippen molar-refractivity contribution < 1.29 is 0 Å². The first-order chi connectivity index (χ1) is 7.84.